The van der Waals surface area contributed by atoms with Crippen molar-refractivity contribution in [3.8, 4) is 5.75 Å². The molecule has 3 heterocycles. The lowest BCUT2D eigenvalue weighted by atomic mass is 9.97. The van der Waals surface area contributed by atoms with Crippen molar-refractivity contribution in [2.24, 2.45) is 5.92 Å². The molecule has 0 radical (unpaired) electrons. The topological polar surface area (TPSA) is 58.9 Å². The second-order valence-corrected chi connectivity index (χ2v) is 7.84. The van der Waals surface area contributed by atoms with E-state index in [-0.39, 0.29) is 5.91 Å². The second kappa shape index (κ2) is 8.66. The average molecular weight is 393 g/mol. The molecule has 29 heavy (non-hydrogen) atoms. The standard InChI is InChI=1S/C23H28N4O2/c1-17-8-9-22-25-20(15-27(22)13-17)16-29-21-7-3-6-19(11-21)23(28)26-10-4-5-18(14-26)12-24-2/h3,6-9,11,13,15,18,24H,4-5,10,12,14,16H2,1-2H3. The summed E-state index contributed by atoms with van der Waals surface area (Å²) < 4.78 is 7.94. The summed E-state index contributed by atoms with van der Waals surface area (Å²) in [7, 11) is 1.96. The molecule has 1 aliphatic heterocycles. The molecule has 6 heteroatoms. The van der Waals surface area contributed by atoms with Crippen LogP contribution in [-0.2, 0) is 6.61 Å². The van der Waals surface area contributed by atoms with E-state index < -0.39 is 0 Å². The Morgan fingerprint density at radius 1 is 1.28 bits per heavy atom. The van der Waals surface area contributed by atoms with Crippen LogP contribution in [0.2, 0.25) is 0 Å². The molecule has 1 aromatic carbocycles. The first kappa shape index (κ1) is 19.5. The number of aromatic nitrogens is 2. The van der Waals surface area contributed by atoms with Crippen LogP contribution < -0.4 is 10.1 Å². The van der Waals surface area contributed by atoms with Gasteiger partial charge in [0.1, 0.15) is 18.0 Å². The lowest BCUT2D eigenvalue weighted by Gasteiger charge is -2.32. The summed E-state index contributed by atoms with van der Waals surface area (Å²) >= 11 is 0. The SMILES string of the molecule is CNCC1CCCN(C(=O)c2cccc(OCc3cn4cc(C)ccc4n3)c2)C1. The third-order valence-corrected chi connectivity index (χ3v) is 5.42. The number of carbonyl (C=O) groups is 1. The Hall–Kier alpha value is -2.86. The molecule has 0 saturated carbocycles. The van der Waals surface area contributed by atoms with Gasteiger partial charge in [-0.1, -0.05) is 12.1 Å². The Morgan fingerprint density at radius 3 is 3.03 bits per heavy atom. The van der Waals surface area contributed by atoms with Gasteiger partial charge in [-0.25, -0.2) is 4.98 Å². The predicted molar refractivity (Wildman–Crippen MR) is 113 cm³/mol. The zero-order chi connectivity index (χ0) is 20.2. The lowest BCUT2D eigenvalue weighted by Crippen LogP contribution is -2.42. The molecule has 1 atom stereocenters. The van der Waals surface area contributed by atoms with Crippen LogP contribution in [0.5, 0.6) is 5.75 Å². The number of nitrogens with one attached hydrogen (secondary N) is 1. The third kappa shape index (κ3) is 4.59. The fourth-order valence-corrected chi connectivity index (χ4v) is 3.99. The number of benzene rings is 1. The monoisotopic (exact) mass is 392 g/mol. The van der Waals surface area contributed by atoms with E-state index in [1.165, 1.54) is 12.0 Å². The average Bonchev–Trinajstić information content (AvgIpc) is 3.14. The molecule has 4 rings (SSSR count). The normalized spacial score (nSPS) is 16.9. The molecular formula is C23H28N4O2. The van der Waals surface area contributed by atoms with Gasteiger partial charge in [-0.2, -0.15) is 0 Å². The van der Waals surface area contributed by atoms with Crippen LogP contribution in [0.3, 0.4) is 0 Å². The van der Waals surface area contributed by atoms with Gasteiger partial charge in [-0.15, -0.1) is 0 Å². The molecule has 0 bridgehead atoms. The maximum atomic E-state index is 13.0. The summed E-state index contributed by atoms with van der Waals surface area (Å²) in [5.74, 6) is 1.29. The van der Waals surface area contributed by atoms with Crippen LogP contribution in [0.1, 0.15) is 34.5 Å². The quantitative estimate of drug-likeness (QED) is 0.699. The number of hydrogen-bond donors (Lipinski definition) is 1. The molecule has 0 aliphatic carbocycles. The summed E-state index contributed by atoms with van der Waals surface area (Å²) in [4.78, 5) is 19.5. The predicted octanol–water partition coefficient (Wildman–Crippen LogP) is 3.29. The van der Waals surface area contributed by atoms with E-state index in [2.05, 4.69) is 17.2 Å². The first-order valence-electron chi connectivity index (χ1n) is 10.2. The Labute approximate surface area is 171 Å². The number of pyridine rings is 1. The van der Waals surface area contributed by atoms with Gasteiger partial charge in [0.15, 0.2) is 0 Å². The zero-order valence-corrected chi connectivity index (χ0v) is 17.1. The second-order valence-electron chi connectivity index (χ2n) is 7.84. The highest BCUT2D eigenvalue weighted by Crippen LogP contribution is 2.21. The molecule has 1 N–H and O–H groups in total. The van der Waals surface area contributed by atoms with Crippen LogP contribution in [-0.4, -0.2) is 46.9 Å². The Kier molecular flexibility index (Phi) is 5.81. The van der Waals surface area contributed by atoms with Crippen molar-refractivity contribution < 1.29 is 9.53 Å². The molecule has 1 fully saturated rings. The van der Waals surface area contributed by atoms with E-state index >= 15 is 0 Å². The van der Waals surface area contributed by atoms with Crippen LogP contribution in [0.15, 0.2) is 48.8 Å². The van der Waals surface area contributed by atoms with Crippen molar-refractivity contribution in [2.45, 2.75) is 26.4 Å². The molecular weight excluding hydrogens is 364 g/mol. The minimum Gasteiger partial charge on any atom is -0.487 e. The summed E-state index contributed by atoms with van der Waals surface area (Å²) in [6.45, 7) is 5.01. The van der Waals surface area contributed by atoms with Gasteiger partial charge in [0, 0.05) is 31.0 Å². The Balaban J connectivity index is 1.41. The summed E-state index contributed by atoms with van der Waals surface area (Å²) in [5.41, 5.74) is 3.62. The maximum Gasteiger partial charge on any atom is 0.253 e. The summed E-state index contributed by atoms with van der Waals surface area (Å²) in [6, 6.07) is 11.5. The number of carbonyl (C=O) groups excluding carboxylic acids is 1. The maximum absolute atomic E-state index is 13.0. The number of aryl methyl sites for hydroxylation is 1. The van der Waals surface area contributed by atoms with Crippen LogP contribution in [0, 0.1) is 12.8 Å². The number of ether oxygens (including phenoxy) is 1. The smallest absolute Gasteiger partial charge is 0.253 e. The molecule has 2 aromatic heterocycles. The molecule has 1 saturated heterocycles. The van der Waals surface area contributed by atoms with Crippen molar-refractivity contribution >= 4 is 11.6 Å². The van der Waals surface area contributed by atoms with E-state index in [4.69, 9.17) is 4.74 Å². The number of amides is 1. The van der Waals surface area contributed by atoms with Gasteiger partial charge in [-0.3, -0.25) is 4.79 Å². The zero-order valence-electron chi connectivity index (χ0n) is 17.1. The number of rotatable bonds is 6. The lowest BCUT2D eigenvalue weighted by molar-refractivity contribution is 0.0674. The molecule has 1 amide bonds. The van der Waals surface area contributed by atoms with Crippen molar-refractivity contribution in [1.29, 1.82) is 0 Å². The fourth-order valence-electron chi connectivity index (χ4n) is 3.99. The van der Waals surface area contributed by atoms with E-state index in [9.17, 15) is 4.79 Å². The molecule has 0 spiro atoms. The number of piperidine rings is 1. The van der Waals surface area contributed by atoms with Gasteiger partial charge < -0.3 is 19.4 Å². The highest BCUT2D eigenvalue weighted by atomic mass is 16.5. The molecule has 1 unspecified atom stereocenters. The van der Waals surface area contributed by atoms with Gasteiger partial charge in [-0.05, 0) is 69.1 Å². The van der Waals surface area contributed by atoms with E-state index in [0.717, 1.165) is 37.4 Å². The first-order chi connectivity index (χ1) is 14.1. The fraction of sp³-hybridized carbons (Fsp3) is 0.391. The van der Waals surface area contributed by atoms with Crippen molar-refractivity contribution in [3.05, 3.63) is 65.6 Å². The van der Waals surface area contributed by atoms with Crippen molar-refractivity contribution in [2.75, 3.05) is 26.7 Å². The summed E-state index contributed by atoms with van der Waals surface area (Å²) in [5, 5.41) is 3.23. The van der Waals surface area contributed by atoms with Crippen molar-refractivity contribution in [3.63, 3.8) is 0 Å². The number of likely N-dealkylation sites (tertiary alicyclic amines) is 1. The highest BCUT2D eigenvalue weighted by molar-refractivity contribution is 5.94. The highest BCUT2D eigenvalue weighted by Gasteiger charge is 2.24. The first-order valence-corrected chi connectivity index (χ1v) is 10.2. The third-order valence-electron chi connectivity index (χ3n) is 5.42. The van der Waals surface area contributed by atoms with Crippen LogP contribution in [0.4, 0.5) is 0 Å². The molecule has 1 aliphatic rings. The molecule has 152 valence electrons. The van der Waals surface area contributed by atoms with Gasteiger partial charge >= 0.3 is 0 Å². The Morgan fingerprint density at radius 2 is 2.17 bits per heavy atom. The van der Waals surface area contributed by atoms with E-state index in [1.54, 1.807) is 0 Å². The molecule has 3 aromatic rings. The number of imidazole rings is 1. The summed E-state index contributed by atoms with van der Waals surface area (Å²) in [6.07, 6.45) is 6.26. The minimum atomic E-state index is 0.0828. The van der Waals surface area contributed by atoms with Gasteiger partial charge in [0.2, 0.25) is 0 Å². The largest absolute Gasteiger partial charge is 0.487 e. The number of fused-ring (bicyclic) bond motifs is 1. The van der Waals surface area contributed by atoms with Crippen LogP contribution >= 0.6 is 0 Å². The van der Waals surface area contributed by atoms with Gasteiger partial charge in [0.05, 0.1) is 5.69 Å². The van der Waals surface area contributed by atoms with E-state index in [0.29, 0.717) is 23.8 Å². The molecule has 6 nitrogen and oxygen atoms in total. The number of nitrogens with zero attached hydrogens (tertiary/aromatic N) is 3. The number of hydrogen-bond acceptors (Lipinski definition) is 4. The van der Waals surface area contributed by atoms with Crippen LogP contribution in [0.25, 0.3) is 5.65 Å². The Bertz CT molecular complexity index is 995. The van der Waals surface area contributed by atoms with Gasteiger partial charge in [0.25, 0.3) is 5.91 Å². The van der Waals surface area contributed by atoms with E-state index in [1.807, 2.05) is 65.1 Å². The minimum absolute atomic E-state index is 0.0828. The van der Waals surface area contributed by atoms with Crippen molar-refractivity contribution in [1.82, 2.24) is 19.6 Å².